The van der Waals surface area contributed by atoms with Crippen molar-refractivity contribution < 1.29 is 8.78 Å². The van der Waals surface area contributed by atoms with Crippen LogP contribution in [0.25, 0.3) is 163 Å². The van der Waals surface area contributed by atoms with Crippen molar-refractivity contribution in [3.63, 3.8) is 0 Å². The zero-order valence-corrected chi connectivity index (χ0v) is 78.6. The Labute approximate surface area is 822 Å². The number of nitrogens with zero attached hydrogens (tertiary/aromatic N) is 18. The number of fused-ring (bicyclic) bond motifs is 3. The van der Waals surface area contributed by atoms with E-state index >= 15 is 0 Å². The number of para-hydroxylation sites is 5. The average Bonchev–Trinajstić information content (AvgIpc) is 1.64. The van der Waals surface area contributed by atoms with Gasteiger partial charge in [-0.1, -0.05) is 266 Å². The van der Waals surface area contributed by atoms with Gasteiger partial charge in [-0.2, -0.15) is 21.0 Å². The van der Waals surface area contributed by atoms with Crippen molar-refractivity contribution in [3.8, 4) is 154 Å². The van der Waals surface area contributed by atoms with Crippen LogP contribution in [-0.2, 0) is 0 Å². The number of imidazole rings is 1. The number of aromatic nitrogens is 14. The fourth-order valence-corrected chi connectivity index (χ4v) is 15.5. The molecule has 682 valence electrons. The molecule has 0 atom stereocenters. The lowest BCUT2D eigenvalue weighted by Gasteiger charge is -2.09. The third kappa shape index (κ3) is 24.8. The summed E-state index contributed by atoms with van der Waals surface area (Å²) >= 11 is 0. The molecule has 0 aliphatic heterocycles. The van der Waals surface area contributed by atoms with Crippen molar-refractivity contribution >= 4 is 32.8 Å². The Hall–Kier alpha value is -19.4. The Bertz CT molecular complexity index is 8090. The van der Waals surface area contributed by atoms with Crippen LogP contribution in [0.2, 0.25) is 0 Å². The van der Waals surface area contributed by atoms with E-state index in [0.717, 1.165) is 174 Å². The lowest BCUT2D eigenvalue weighted by Crippen LogP contribution is -1.97. The fraction of sp³-hybridized carbons (Fsp3) is 0.0574. The van der Waals surface area contributed by atoms with Gasteiger partial charge in [-0.3, -0.25) is 4.57 Å². The van der Waals surface area contributed by atoms with E-state index in [1.54, 1.807) is 67.6 Å². The van der Waals surface area contributed by atoms with Crippen LogP contribution in [-0.4, -0.2) is 69.4 Å². The van der Waals surface area contributed by atoms with Crippen molar-refractivity contribution in [3.05, 3.63) is 493 Å². The summed E-state index contributed by atoms with van der Waals surface area (Å²) in [6.45, 7) is 13.4. The van der Waals surface area contributed by atoms with Gasteiger partial charge in [0.25, 0.3) is 0 Å². The Morgan fingerprint density at radius 2 is 0.493 bits per heavy atom. The van der Waals surface area contributed by atoms with Crippen molar-refractivity contribution in [1.82, 2.24) is 69.4 Å². The second kappa shape index (κ2) is 46.2. The van der Waals surface area contributed by atoms with Gasteiger partial charge >= 0.3 is 0 Å². The SMILES string of the molecule is Cc1cc(-c2ccccc2)nc(-c2ccccc2)n1.Cc1ccc(-c2nc3ccccc3n2-c2ccccc2)cc1.Cc1nc(-c2ccc(C#N)cc2)c2ccccc2n1.Cc1nc(-c2ccc(C#N)cc2)cc(-c2ccc(C#N)cc2)n1.Cc1nc(-c2ccc(F)cc2)cc(-c2ccc(F)cc2)n1.Cc1nc(-c2ccccc2)c2ccccc2n1.Cc1nc(-c2ccccc2)cc(-c2ccc(C#N)cc2)n1. The maximum Gasteiger partial charge on any atom is 0.160 e. The lowest BCUT2D eigenvalue weighted by atomic mass is 10.0. The zero-order chi connectivity index (χ0) is 98.6. The maximum atomic E-state index is 13.0. The number of halogens is 2. The van der Waals surface area contributed by atoms with Gasteiger partial charge in [0.1, 0.15) is 46.6 Å². The Morgan fingerprint density at radius 3 is 0.859 bits per heavy atom. The van der Waals surface area contributed by atoms with Crippen LogP contribution < -0.4 is 0 Å². The van der Waals surface area contributed by atoms with E-state index in [1.807, 2.05) is 271 Å². The molecular weight excluding hydrogens is 1760 g/mol. The van der Waals surface area contributed by atoms with Crippen LogP contribution in [0.3, 0.4) is 0 Å². The van der Waals surface area contributed by atoms with Crippen LogP contribution in [0.15, 0.2) is 419 Å². The van der Waals surface area contributed by atoms with Gasteiger partial charge in [0, 0.05) is 83.4 Å². The van der Waals surface area contributed by atoms with E-state index in [-0.39, 0.29) is 11.6 Å². The highest BCUT2D eigenvalue weighted by Crippen LogP contribution is 2.34. The van der Waals surface area contributed by atoms with Gasteiger partial charge in [-0.15, -0.1) is 0 Å². The van der Waals surface area contributed by atoms with E-state index in [0.29, 0.717) is 45.3 Å². The molecule has 0 saturated carbocycles. The lowest BCUT2D eigenvalue weighted by molar-refractivity contribution is 0.627. The van der Waals surface area contributed by atoms with Gasteiger partial charge in [0.15, 0.2) is 5.82 Å². The van der Waals surface area contributed by atoms with Gasteiger partial charge in [-0.05, 0) is 206 Å². The first-order chi connectivity index (χ1) is 69.3. The quantitative estimate of drug-likeness (QED) is 0.110. The van der Waals surface area contributed by atoms with Crippen LogP contribution in [0.5, 0.6) is 0 Å². The molecule has 0 radical (unpaired) electrons. The summed E-state index contributed by atoms with van der Waals surface area (Å²) in [4.78, 5) is 58.7. The average molecular weight is 1850 g/mol. The van der Waals surface area contributed by atoms with Crippen LogP contribution in [0.1, 0.15) is 62.6 Å². The first-order valence-corrected chi connectivity index (χ1v) is 45.6. The predicted molar refractivity (Wildman–Crippen MR) is 560 cm³/mol. The molecule has 0 N–H and O–H groups in total. The fourth-order valence-electron chi connectivity index (χ4n) is 15.5. The molecule has 0 bridgehead atoms. The molecule has 22 aromatic rings. The first kappa shape index (κ1) is 95.7. The number of rotatable bonds is 12. The zero-order valence-electron chi connectivity index (χ0n) is 78.6. The van der Waals surface area contributed by atoms with Crippen LogP contribution >= 0.6 is 0 Å². The summed E-state index contributed by atoms with van der Waals surface area (Å²) in [5.41, 5.74) is 28.6. The Kier molecular flexibility index (Phi) is 31.2. The molecule has 0 amide bonds. The molecule has 0 spiro atoms. The van der Waals surface area contributed by atoms with Crippen molar-refractivity contribution in [2.24, 2.45) is 0 Å². The number of benzene rings is 15. The number of aryl methyl sites for hydroxylation is 7. The van der Waals surface area contributed by atoms with E-state index < -0.39 is 0 Å². The topological polar surface area (TPSA) is 268 Å². The third-order valence-corrected chi connectivity index (χ3v) is 22.4. The molecular formula is C122H90F2N18. The van der Waals surface area contributed by atoms with Gasteiger partial charge in [0.2, 0.25) is 0 Å². The van der Waals surface area contributed by atoms with Crippen molar-refractivity contribution in [2.45, 2.75) is 48.5 Å². The third-order valence-electron chi connectivity index (χ3n) is 22.4. The largest absolute Gasteiger partial charge is 0.292 e. The highest BCUT2D eigenvalue weighted by molar-refractivity contribution is 5.94. The molecule has 0 fully saturated rings. The monoisotopic (exact) mass is 1840 g/mol. The summed E-state index contributed by atoms with van der Waals surface area (Å²) in [7, 11) is 0. The van der Waals surface area contributed by atoms with Crippen LogP contribution in [0, 0.1) is 105 Å². The van der Waals surface area contributed by atoms with Gasteiger partial charge in [0.05, 0.1) is 120 Å². The second-order valence-corrected chi connectivity index (χ2v) is 32.7. The first-order valence-electron chi connectivity index (χ1n) is 45.6. The normalized spacial score (nSPS) is 10.4. The molecule has 22 rings (SSSR count). The van der Waals surface area contributed by atoms with E-state index in [4.69, 9.17) is 26.0 Å². The number of nitriles is 4. The second-order valence-electron chi connectivity index (χ2n) is 32.7. The summed E-state index contributed by atoms with van der Waals surface area (Å²) in [6.07, 6.45) is 0. The molecule has 18 nitrogen and oxygen atoms in total. The summed E-state index contributed by atoms with van der Waals surface area (Å²) in [5.74, 6) is 4.75. The van der Waals surface area contributed by atoms with E-state index in [9.17, 15) is 8.78 Å². The van der Waals surface area contributed by atoms with Gasteiger partial charge in [-0.25, -0.2) is 73.6 Å². The van der Waals surface area contributed by atoms with Crippen LogP contribution in [0.4, 0.5) is 8.78 Å². The summed E-state index contributed by atoms with van der Waals surface area (Å²) in [5, 5.41) is 37.6. The molecule has 0 aliphatic rings. The van der Waals surface area contributed by atoms with E-state index in [1.165, 1.54) is 29.8 Å². The maximum absolute atomic E-state index is 13.0. The minimum absolute atomic E-state index is 0.289. The smallest absolute Gasteiger partial charge is 0.160 e. The number of hydrogen-bond acceptors (Lipinski definition) is 17. The van der Waals surface area contributed by atoms with Gasteiger partial charge < -0.3 is 0 Å². The minimum Gasteiger partial charge on any atom is -0.292 e. The molecule has 142 heavy (non-hydrogen) atoms. The number of hydrogen-bond donors (Lipinski definition) is 0. The Balaban J connectivity index is 0.000000119. The highest BCUT2D eigenvalue weighted by Gasteiger charge is 2.18. The molecule has 0 saturated heterocycles. The summed E-state index contributed by atoms with van der Waals surface area (Å²) < 4.78 is 28.2. The summed E-state index contributed by atoms with van der Waals surface area (Å²) in [6, 6.07) is 142. The standard InChI is InChI=1S/C20H16N2.C19H12N4.C18H13N3.C17H12F2N2.C17H14N2.C16H11N3.C15H12N2/c1-15-11-13-16(14-12-15)20-21-18-9-5-6-10-19(18)22(20)17-7-3-2-4-8-17;1-13-22-18(16-6-2-14(11-20)3-7-16)10-19(23-13)17-8-4-15(12-21)5-9-17;1-13-20-17(15-5-3-2-4-6-15)11-18(21-13)16-9-7-14(12-19)8-10-16;1-11-20-16(12-2-6-14(18)7-3-12)10-17(21-11)13-4-8-15(19)9-5-13;1-13-12-16(14-8-4-2-5-9-14)19-17(18-13)15-10-6-3-7-11-15;1-11-18-15-5-3-2-4-14(15)16(19-11)13-8-6-12(10-17)7-9-13;1-11-16-14-10-6-5-9-13(14)15(17-11)12-7-3-2-4-8-12/h2-14H,1H3;2-10H,1H3;2-11H,1H3;2-10H,1H3;2-12H,1H3;2-9H,1H3;2-10H,1H3. The van der Waals surface area contributed by atoms with Crippen molar-refractivity contribution in [1.29, 1.82) is 21.0 Å². The molecule has 7 heterocycles. The molecule has 15 aromatic carbocycles. The highest BCUT2D eigenvalue weighted by atomic mass is 19.1. The van der Waals surface area contributed by atoms with Crippen molar-refractivity contribution in [2.75, 3.05) is 0 Å². The predicted octanol–water partition coefficient (Wildman–Crippen LogP) is 28.5. The Morgan fingerprint density at radius 1 is 0.218 bits per heavy atom. The molecule has 0 aliphatic carbocycles. The minimum atomic E-state index is -0.289. The molecule has 20 heteroatoms. The molecule has 0 unspecified atom stereocenters. The molecule has 7 aromatic heterocycles. The van der Waals surface area contributed by atoms with E-state index in [2.05, 4.69) is 193 Å².